The molecule has 2 amide bonds. The minimum Gasteiger partial charge on any atom is -0.444 e. The average molecular weight is 378 g/mol. The Hall–Kier alpha value is -3.15. The number of benzene rings is 2. The maximum atomic E-state index is 13.2. The van der Waals surface area contributed by atoms with E-state index in [1.165, 1.54) is 4.90 Å². The Labute approximate surface area is 163 Å². The van der Waals surface area contributed by atoms with Crippen molar-refractivity contribution in [2.45, 2.75) is 38.0 Å². The largest absolute Gasteiger partial charge is 0.444 e. The fraction of sp³-hybridized carbons (Fsp3) is 0.318. The molecule has 0 aromatic heterocycles. The van der Waals surface area contributed by atoms with E-state index in [1.807, 2.05) is 54.6 Å². The van der Waals surface area contributed by atoms with E-state index in [2.05, 4.69) is 0 Å². The standard InChI is InChI=1S/C22H22N2O4/c25-14-18-10-6-12-23(18)21(26)20-13-17-9-4-5-11-19(17)24(20)22(27)28-15-16-7-2-1-3-8-16/h1-5,7-9,11,14,18,20H,6,10,12-13,15H2/t18-,20?/m0/s1. The van der Waals surface area contributed by atoms with Gasteiger partial charge in [0.25, 0.3) is 0 Å². The second-order valence-electron chi connectivity index (χ2n) is 7.14. The summed E-state index contributed by atoms with van der Waals surface area (Å²) in [4.78, 5) is 40.5. The number of carbonyl (C=O) groups is 3. The van der Waals surface area contributed by atoms with E-state index in [0.717, 1.165) is 23.8 Å². The lowest BCUT2D eigenvalue weighted by atomic mass is 10.1. The molecule has 0 radical (unpaired) electrons. The molecule has 1 saturated heterocycles. The Kier molecular flexibility index (Phi) is 5.10. The van der Waals surface area contributed by atoms with E-state index in [4.69, 9.17) is 4.74 Å². The number of nitrogens with zero attached hydrogens (tertiary/aromatic N) is 2. The minimum absolute atomic E-state index is 0.139. The van der Waals surface area contributed by atoms with Gasteiger partial charge in [0, 0.05) is 13.0 Å². The van der Waals surface area contributed by atoms with E-state index in [1.54, 1.807) is 4.90 Å². The lowest BCUT2D eigenvalue weighted by Gasteiger charge is -2.29. The quantitative estimate of drug-likeness (QED) is 0.767. The van der Waals surface area contributed by atoms with Crippen LogP contribution < -0.4 is 4.90 Å². The molecule has 2 aliphatic heterocycles. The van der Waals surface area contributed by atoms with Crippen molar-refractivity contribution in [1.82, 2.24) is 4.90 Å². The van der Waals surface area contributed by atoms with Gasteiger partial charge in [0.15, 0.2) is 0 Å². The lowest BCUT2D eigenvalue weighted by molar-refractivity contribution is -0.135. The Morgan fingerprint density at radius 3 is 2.61 bits per heavy atom. The number of aldehydes is 1. The third-order valence-electron chi connectivity index (χ3n) is 5.40. The van der Waals surface area contributed by atoms with Crippen molar-refractivity contribution in [1.29, 1.82) is 0 Å². The van der Waals surface area contributed by atoms with Gasteiger partial charge in [-0.25, -0.2) is 4.79 Å². The highest BCUT2D eigenvalue weighted by Gasteiger charge is 2.43. The highest BCUT2D eigenvalue weighted by Crippen LogP contribution is 2.34. The maximum Gasteiger partial charge on any atom is 0.415 e. The molecule has 6 heteroatoms. The first-order valence-electron chi connectivity index (χ1n) is 9.52. The monoisotopic (exact) mass is 378 g/mol. The summed E-state index contributed by atoms with van der Waals surface area (Å²) < 4.78 is 5.51. The van der Waals surface area contributed by atoms with Gasteiger partial charge in [-0.05, 0) is 30.0 Å². The highest BCUT2D eigenvalue weighted by atomic mass is 16.6. The minimum atomic E-state index is -0.679. The van der Waals surface area contributed by atoms with Crippen molar-refractivity contribution in [3.05, 3.63) is 65.7 Å². The number of rotatable bonds is 4. The molecular weight excluding hydrogens is 356 g/mol. The van der Waals surface area contributed by atoms with Crippen LogP contribution in [0, 0.1) is 0 Å². The first-order chi connectivity index (χ1) is 13.7. The first-order valence-corrected chi connectivity index (χ1v) is 9.52. The van der Waals surface area contributed by atoms with Crippen molar-refractivity contribution in [3.8, 4) is 0 Å². The van der Waals surface area contributed by atoms with Crippen LogP contribution in [-0.2, 0) is 27.4 Å². The summed E-state index contributed by atoms with van der Waals surface area (Å²) in [5, 5.41) is 0. The van der Waals surface area contributed by atoms with E-state index in [9.17, 15) is 14.4 Å². The Morgan fingerprint density at radius 2 is 1.82 bits per heavy atom. The van der Waals surface area contributed by atoms with Crippen molar-refractivity contribution >= 4 is 24.0 Å². The van der Waals surface area contributed by atoms with Crippen molar-refractivity contribution < 1.29 is 19.1 Å². The molecular formula is C22H22N2O4. The van der Waals surface area contributed by atoms with Gasteiger partial charge in [-0.2, -0.15) is 0 Å². The van der Waals surface area contributed by atoms with Gasteiger partial charge in [0.05, 0.1) is 11.7 Å². The molecule has 6 nitrogen and oxygen atoms in total. The smallest absolute Gasteiger partial charge is 0.415 e. The van der Waals surface area contributed by atoms with E-state index >= 15 is 0 Å². The predicted molar refractivity (Wildman–Crippen MR) is 104 cm³/mol. The number of ether oxygens (including phenoxy) is 1. The molecule has 144 valence electrons. The Morgan fingerprint density at radius 1 is 1.07 bits per heavy atom. The SMILES string of the molecule is O=C[C@@H]1CCCN1C(=O)C1Cc2ccccc2N1C(=O)OCc1ccccc1. The summed E-state index contributed by atoms with van der Waals surface area (Å²) in [5.41, 5.74) is 2.51. The summed E-state index contributed by atoms with van der Waals surface area (Å²) >= 11 is 0. The summed E-state index contributed by atoms with van der Waals surface area (Å²) in [6.45, 7) is 0.682. The van der Waals surface area contributed by atoms with Crippen LogP contribution in [0.1, 0.15) is 24.0 Å². The van der Waals surface area contributed by atoms with Crippen LogP contribution >= 0.6 is 0 Å². The fourth-order valence-electron chi connectivity index (χ4n) is 4.00. The van der Waals surface area contributed by atoms with Crippen LogP contribution in [0.2, 0.25) is 0 Å². The summed E-state index contributed by atoms with van der Waals surface area (Å²) in [7, 11) is 0. The predicted octanol–water partition coefficient (Wildman–Crippen LogP) is 2.94. The number of likely N-dealkylation sites (tertiary alicyclic amines) is 1. The molecule has 0 bridgehead atoms. The van der Waals surface area contributed by atoms with Gasteiger partial charge in [-0.3, -0.25) is 9.69 Å². The molecule has 2 aromatic rings. The van der Waals surface area contributed by atoms with Crippen LogP contribution in [0.25, 0.3) is 0 Å². The number of fused-ring (bicyclic) bond motifs is 1. The number of hydrogen-bond donors (Lipinski definition) is 0. The fourth-order valence-corrected chi connectivity index (χ4v) is 4.00. The average Bonchev–Trinajstić information content (AvgIpc) is 3.36. The van der Waals surface area contributed by atoms with Gasteiger partial charge in [-0.15, -0.1) is 0 Å². The van der Waals surface area contributed by atoms with Crippen molar-refractivity contribution in [3.63, 3.8) is 0 Å². The van der Waals surface area contributed by atoms with Gasteiger partial charge >= 0.3 is 6.09 Å². The zero-order chi connectivity index (χ0) is 19.5. The Balaban J connectivity index is 1.56. The molecule has 2 heterocycles. The summed E-state index contributed by atoms with van der Waals surface area (Å²) in [6.07, 6.45) is 2.18. The van der Waals surface area contributed by atoms with Gasteiger partial charge in [0.1, 0.15) is 18.9 Å². The molecule has 1 fully saturated rings. The number of amides is 2. The number of para-hydroxylation sites is 1. The van der Waals surface area contributed by atoms with Crippen molar-refractivity contribution in [2.75, 3.05) is 11.4 Å². The van der Waals surface area contributed by atoms with Crippen LogP contribution in [0.4, 0.5) is 10.5 Å². The zero-order valence-electron chi connectivity index (χ0n) is 15.5. The molecule has 1 unspecified atom stereocenters. The Bertz CT molecular complexity index is 883. The molecule has 0 saturated carbocycles. The maximum absolute atomic E-state index is 13.2. The number of anilines is 1. The molecule has 2 aromatic carbocycles. The van der Waals surface area contributed by atoms with Crippen LogP contribution in [0.15, 0.2) is 54.6 Å². The third-order valence-corrected chi connectivity index (χ3v) is 5.40. The second kappa shape index (κ2) is 7.84. The number of carbonyl (C=O) groups excluding carboxylic acids is 3. The molecule has 4 rings (SSSR count). The van der Waals surface area contributed by atoms with E-state index < -0.39 is 18.2 Å². The van der Waals surface area contributed by atoms with Crippen LogP contribution in [-0.4, -0.2) is 41.8 Å². The van der Waals surface area contributed by atoms with Crippen LogP contribution in [0.3, 0.4) is 0 Å². The van der Waals surface area contributed by atoms with Crippen molar-refractivity contribution in [2.24, 2.45) is 0 Å². The highest BCUT2D eigenvalue weighted by molar-refractivity contribution is 6.01. The first kappa shape index (κ1) is 18.2. The molecule has 0 spiro atoms. The summed E-state index contributed by atoms with van der Waals surface area (Å²) in [6, 6.07) is 15.8. The lowest BCUT2D eigenvalue weighted by Crippen LogP contribution is -2.51. The zero-order valence-corrected chi connectivity index (χ0v) is 15.5. The van der Waals surface area contributed by atoms with Gasteiger partial charge in [0.2, 0.25) is 5.91 Å². The van der Waals surface area contributed by atoms with E-state index in [-0.39, 0.29) is 12.5 Å². The normalized spacial score (nSPS) is 20.7. The second-order valence-corrected chi connectivity index (χ2v) is 7.14. The topological polar surface area (TPSA) is 66.9 Å². The van der Waals surface area contributed by atoms with Gasteiger partial charge < -0.3 is 14.4 Å². The molecule has 0 N–H and O–H groups in total. The van der Waals surface area contributed by atoms with Gasteiger partial charge in [-0.1, -0.05) is 48.5 Å². The summed E-state index contributed by atoms with van der Waals surface area (Å²) in [5.74, 6) is -0.192. The van der Waals surface area contributed by atoms with Crippen LogP contribution in [0.5, 0.6) is 0 Å². The molecule has 2 atom stereocenters. The third kappa shape index (κ3) is 3.38. The molecule has 2 aliphatic rings. The van der Waals surface area contributed by atoms with E-state index in [0.29, 0.717) is 25.1 Å². The number of hydrogen-bond acceptors (Lipinski definition) is 4. The molecule has 0 aliphatic carbocycles. The molecule has 28 heavy (non-hydrogen) atoms.